The van der Waals surface area contributed by atoms with Gasteiger partial charge in [0, 0.05) is 24.7 Å². The fourth-order valence-electron chi connectivity index (χ4n) is 3.24. The minimum Gasteiger partial charge on any atom is -0.375 e. The first-order chi connectivity index (χ1) is 8.88. The van der Waals surface area contributed by atoms with Gasteiger partial charge >= 0.3 is 0 Å². The van der Waals surface area contributed by atoms with Gasteiger partial charge in [0.2, 0.25) is 0 Å². The summed E-state index contributed by atoms with van der Waals surface area (Å²) in [6.45, 7) is 6.40. The Morgan fingerprint density at radius 3 is 2.78 bits per heavy atom. The maximum absolute atomic E-state index is 3.93. The van der Waals surface area contributed by atoms with Crippen molar-refractivity contribution in [3.63, 3.8) is 0 Å². The summed E-state index contributed by atoms with van der Waals surface area (Å²) in [5, 5.41) is 0. The molecule has 1 atom stereocenters. The number of likely N-dealkylation sites (tertiary alicyclic amines) is 1. The second-order valence-electron chi connectivity index (χ2n) is 5.39. The van der Waals surface area contributed by atoms with E-state index in [4.69, 9.17) is 0 Å². The molecule has 0 bridgehead atoms. The van der Waals surface area contributed by atoms with E-state index in [9.17, 15) is 0 Å². The summed E-state index contributed by atoms with van der Waals surface area (Å²) >= 11 is 0. The molecule has 0 amide bonds. The molecule has 1 aromatic carbocycles. The molecular formula is C17H21N. The van der Waals surface area contributed by atoms with Crippen LogP contribution in [-0.4, -0.2) is 18.0 Å². The number of hydrogen-bond donors (Lipinski definition) is 0. The first-order valence-corrected chi connectivity index (χ1v) is 7.04. The van der Waals surface area contributed by atoms with Crippen molar-refractivity contribution < 1.29 is 0 Å². The van der Waals surface area contributed by atoms with E-state index in [0.29, 0.717) is 5.92 Å². The van der Waals surface area contributed by atoms with Crippen molar-refractivity contribution in [2.45, 2.75) is 25.7 Å². The zero-order chi connectivity index (χ0) is 12.4. The number of fused-ring (bicyclic) bond motifs is 1. The molecule has 0 N–H and O–H groups in total. The van der Waals surface area contributed by atoms with Gasteiger partial charge in [0.25, 0.3) is 0 Å². The lowest BCUT2D eigenvalue weighted by atomic mass is 9.84. The van der Waals surface area contributed by atoms with E-state index in [2.05, 4.69) is 47.9 Å². The van der Waals surface area contributed by atoms with E-state index in [1.54, 1.807) is 5.70 Å². The average Bonchev–Trinajstić information content (AvgIpc) is 2.92. The third-order valence-electron chi connectivity index (χ3n) is 4.17. The van der Waals surface area contributed by atoms with Crippen molar-refractivity contribution in [3.8, 4) is 0 Å². The van der Waals surface area contributed by atoms with E-state index in [-0.39, 0.29) is 0 Å². The van der Waals surface area contributed by atoms with Crippen molar-refractivity contribution in [2.24, 2.45) is 5.92 Å². The summed E-state index contributed by atoms with van der Waals surface area (Å²) in [5.41, 5.74) is 4.46. The Labute approximate surface area is 110 Å². The zero-order valence-electron chi connectivity index (χ0n) is 10.9. The van der Waals surface area contributed by atoms with Gasteiger partial charge in [-0.15, -0.1) is 6.58 Å². The molecule has 3 rings (SSSR count). The number of benzene rings is 1. The molecule has 1 saturated heterocycles. The van der Waals surface area contributed by atoms with Crippen molar-refractivity contribution in [1.29, 1.82) is 0 Å². The second-order valence-corrected chi connectivity index (χ2v) is 5.39. The second kappa shape index (κ2) is 5.01. The minimum atomic E-state index is 0.635. The molecule has 1 unspecified atom stereocenters. The fraction of sp³-hybridized carbons (Fsp3) is 0.412. The third-order valence-corrected chi connectivity index (χ3v) is 4.17. The molecule has 1 fully saturated rings. The van der Waals surface area contributed by atoms with Crippen LogP contribution < -0.4 is 0 Å². The first kappa shape index (κ1) is 11.6. The van der Waals surface area contributed by atoms with Crippen LogP contribution in [0.3, 0.4) is 0 Å². The van der Waals surface area contributed by atoms with Gasteiger partial charge < -0.3 is 4.90 Å². The van der Waals surface area contributed by atoms with E-state index < -0.39 is 0 Å². The Morgan fingerprint density at radius 2 is 2.00 bits per heavy atom. The van der Waals surface area contributed by atoms with Crippen LogP contribution in [0.5, 0.6) is 0 Å². The van der Waals surface area contributed by atoms with Gasteiger partial charge in [-0.1, -0.05) is 30.3 Å². The summed E-state index contributed by atoms with van der Waals surface area (Å²) < 4.78 is 0. The molecule has 2 aliphatic rings. The molecular weight excluding hydrogens is 218 g/mol. The summed E-state index contributed by atoms with van der Waals surface area (Å²) in [4.78, 5) is 2.59. The molecule has 1 heteroatoms. The summed E-state index contributed by atoms with van der Waals surface area (Å²) in [6, 6.07) is 8.81. The number of nitrogens with zero attached hydrogens (tertiary/aromatic N) is 1. The van der Waals surface area contributed by atoms with Gasteiger partial charge in [0.1, 0.15) is 0 Å². The van der Waals surface area contributed by atoms with E-state index in [0.717, 1.165) is 6.42 Å². The summed E-state index contributed by atoms with van der Waals surface area (Å²) in [7, 11) is 0. The van der Waals surface area contributed by atoms with Crippen LogP contribution >= 0.6 is 0 Å². The highest BCUT2D eigenvalue weighted by Gasteiger charge is 2.25. The molecule has 1 heterocycles. The molecule has 94 valence electrons. The lowest BCUT2D eigenvalue weighted by Gasteiger charge is -2.32. The predicted molar refractivity (Wildman–Crippen MR) is 77.2 cm³/mol. The van der Waals surface area contributed by atoms with E-state index in [1.807, 2.05) is 0 Å². The topological polar surface area (TPSA) is 3.24 Å². The largest absolute Gasteiger partial charge is 0.375 e. The lowest BCUT2D eigenvalue weighted by Crippen LogP contribution is -2.27. The molecule has 1 nitrogen and oxygen atoms in total. The lowest BCUT2D eigenvalue weighted by molar-refractivity contribution is 0.360. The molecule has 0 spiro atoms. The van der Waals surface area contributed by atoms with Crippen LogP contribution in [0.25, 0.3) is 6.08 Å². The normalized spacial score (nSPS) is 22.6. The molecule has 1 aliphatic heterocycles. The van der Waals surface area contributed by atoms with Crippen LogP contribution in [0, 0.1) is 5.92 Å². The highest BCUT2D eigenvalue weighted by molar-refractivity contribution is 5.60. The molecule has 0 aromatic heterocycles. The minimum absolute atomic E-state index is 0.635. The Balaban J connectivity index is 1.95. The third kappa shape index (κ3) is 2.10. The van der Waals surface area contributed by atoms with Crippen LogP contribution in [-0.2, 0) is 6.42 Å². The Hall–Kier alpha value is -1.50. The molecule has 0 saturated carbocycles. The maximum atomic E-state index is 3.93. The standard InChI is InChI=1S/C17H21N/c1-2-7-16-12-14-8-3-4-9-15(14)13-17(16)18-10-5-6-11-18/h2-4,8-9,13,16H,1,5-7,10-12H2. The maximum Gasteiger partial charge on any atom is 0.0177 e. The van der Waals surface area contributed by atoms with Gasteiger partial charge in [-0.25, -0.2) is 0 Å². The average molecular weight is 239 g/mol. The summed E-state index contributed by atoms with van der Waals surface area (Å²) in [5.74, 6) is 0.635. The van der Waals surface area contributed by atoms with Crippen molar-refractivity contribution in [3.05, 3.63) is 53.7 Å². The van der Waals surface area contributed by atoms with Gasteiger partial charge in [-0.2, -0.15) is 0 Å². The Morgan fingerprint density at radius 1 is 1.22 bits per heavy atom. The fourth-order valence-corrected chi connectivity index (χ4v) is 3.24. The predicted octanol–water partition coefficient (Wildman–Crippen LogP) is 3.87. The van der Waals surface area contributed by atoms with Crippen LogP contribution in [0.4, 0.5) is 0 Å². The van der Waals surface area contributed by atoms with E-state index in [1.165, 1.54) is 43.5 Å². The zero-order valence-corrected chi connectivity index (χ0v) is 10.9. The molecule has 1 aromatic rings. The van der Waals surface area contributed by atoms with Gasteiger partial charge in [0.15, 0.2) is 0 Å². The van der Waals surface area contributed by atoms with Crippen molar-refractivity contribution >= 4 is 6.08 Å². The quantitative estimate of drug-likeness (QED) is 0.724. The smallest absolute Gasteiger partial charge is 0.0177 e. The van der Waals surface area contributed by atoms with Gasteiger partial charge in [0.05, 0.1) is 0 Å². The number of rotatable bonds is 3. The highest BCUT2D eigenvalue weighted by atomic mass is 15.2. The molecule has 1 aliphatic carbocycles. The van der Waals surface area contributed by atoms with Crippen LogP contribution in [0.2, 0.25) is 0 Å². The Bertz CT molecular complexity index is 466. The SMILES string of the molecule is C=CCC1Cc2ccccc2C=C1N1CCCC1. The van der Waals surface area contributed by atoms with Gasteiger partial charge in [-0.3, -0.25) is 0 Å². The van der Waals surface area contributed by atoms with E-state index >= 15 is 0 Å². The van der Waals surface area contributed by atoms with Gasteiger partial charge in [-0.05, 0) is 42.9 Å². The van der Waals surface area contributed by atoms with Crippen molar-refractivity contribution in [2.75, 3.05) is 13.1 Å². The molecule has 0 radical (unpaired) electrons. The monoisotopic (exact) mass is 239 g/mol. The summed E-state index contributed by atoms with van der Waals surface area (Å²) in [6.07, 6.45) is 9.45. The Kier molecular flexibility index (Phi) is 3.22. The van der Waals surface area contributed by atoms with Crippen LogP contribution in [0.1, 0.15) is 30.4 Å². The van der Waals surface area contributed by atoms with Crippen molar-refractivity contribution in [1.82, 2.24) is 4.90 Å². The highest BCUT2D eigenvalue weighted by Crippen LogP contribution is 2.34. The first-order valence-electron chi connectivity index (χ1n) is 7.04. The number of hydrogen-bond acceptors (Lipinski definition) is 1. The molecule has 18 heavy (non-hydrogen) atoms. The van der Waals surface area contributed by atoms with Crippen LogP contribution in [0.15, 0.2) is 42.6 Å². The number of allylic oxidation sites excluding steroid dienone is 2.